The van der Waals surface area contributed by atoms with E-state index in [0.717, 1.165) is 31.7 Å². The number of hydrogen-bond donors (Lipinski definition) is 1. The van der Waals surface area contributed by atoms with Gasteiger partial charge in [0.1, 0.15) is 6.04 Å². The molecule has 1 amide bonds. The second kappa shape index (κ2) is 7.72. The Bertz CT molecular complexity index is 468. The van der Waals surface area contributed by atoms with Crippen LogP contribution >= 0.6 is 0 Å². The number of likely N-dealkylation sites (N-methyl/N-ethyl adjacent to an activating group) is 1. The lowest BCUT2D eigenvalue weighted by molar-refractivity contribution is -0.135. The van der Waals surface area contributed by atoms with Gasteiger partial charge in [0.05, 0.1) is 6.10 Å². The molecule has 1 N–H and O–H groups in total. The molecule has 1 saturated heterocycles. The fourth-order valence-corrected chi connectivity index (χ4v) is 2.97. The zero-order valence-corrected chi connectivity index (χ0v) is 13.8. The van der Waals surface area contributed by atoms with Crippen LogP contribution in [0.5, 0.6) is 0 Å². The quantitative estimate of drug-likeness (QED) is 0.875. The van der Waals surface area contributed by atoms with Crippen LogP contribution < -0.4 is 0 Å². The molecule has 1 aromatic rings. The molecule has 122 valence electrons. The number of rotatable bonds is 5. The Morgan fingerprint density at radius 2 is 1.77 bits per heavy atom. The molecule has 0 unspecified atom stereocenters. The molecule has 1 heterocycles. The number of aliphatic hydroxyl groups is 1. The summed E-state index contributed by atoms with van der Waals surface area (Å²) in [5, 5.41) is 9.50. The van der Waals surface area contributed by atoms with E-state index in [1.807, 2.05) is 51.4 Å². The molecule has 1 aliphatic rings. The second-order valence-electron chi connectivity index (χ2n) is 6.23. The molecule has 1 fully saturated rings. The maximum atomic E-state index is 12.6. The zero-order valence-electron chi connectivity index (χ0n) is 13.8. The van der Waals surface area contributed by atoms with Crippen LogP contribution in [0.1, 0.15) is 18.5 Å². The van der Waals surface area contributed by atoms with Crippen molar-refractivity contribution in [3.8, 4) is 0 Å². The van der Waals surface area contributed by atoms with Gasteiger partial charge < -0.3 is 10.0 Å². The lowest BCUT2D eigenvalue weighted by atomic mass is 10.0. The standard InChI is InChI=1S/C17H27N3O2/c1-14(21)13-19-9-11-20(12-10-19)16(17(22)18(2)3)15-7-5-4-6-8-15/h4-8,14,16,21H,9-13H2,1-3H3/t14-,16-/m1/s1. The number of β-amino-alcohol motifs (C(OH)–C–C–N with tert-alkyl or cyclic N) is 1. The van der Waals surface area contributed by atoms with Gasteiger partial charge in [0, 0.05) is 46.8 Å². The smallest absolute Gasteiger partial charge is 0.244 e. The number of piperazine rings is 1. The SMILES string of the molecule is C[C@@H](O)CN1CCN([C@@H](C(=O)N(C)C)c2ccccc2)CC1. The summed E-state index contributed by atoms with van der Waals surface area (Å²) in [6.07, 6.45) is -0.306. The van der Waals surface area contributed by atoms with Gasteiger partial charge in [-0.2, -0.15) is 0 Å². The first-order valence-electron chi connectivity index (χ1n) is 7.89. The summed E-state index contributed by atoms with van der Waals surface area (Å²) in [5.41, 5.74) is 1.05. The highest BCUT2D eigenvalue weighted by atomic mass is 16.3. The van der Waals surface area contributed by atoms with Crippen molar-refractivity contribution in [1.82, 2.24) is 14.7 Å². The fraction of sp³-hybridized carbons (Fsp3) is 0.588. The van der Waals surface area contributed by atoms with Crippen LogP contribution in [0.2, 0.25) is 0 Å². The third kappa shape index (κ3) is 4.29. The van der Waals surface area contributed by atoms with Gasteiger partial charge in [-0.1, -0.05) is 30.3 Å². The van der Waals surface area contributed by atoms with Crippen molar-refractivity contribution in [3.05, 3.63) is 35.9 Å². The average Bonchev–Trinajstić information content (AvgIpc) is 2.49. The fourth-order valence-electron chi connectivity index (χ4n) is 2.97. The van der Waals surface area contributed by atoms with E-state index < -0.39 is 0 Å². The third-order valence-electron chi connectivity index (χ3n) is 4.08. The molecule has 0 aromatic heterocycles. The summed E-state index contributed by atoms with van der Waals surface area (Å²) in [6.45, 7) is 5.96. The summed E-state index contributed by atoms with van der Waals surface area (Å²) in [7, 11) is 3.62. The normalized spacial score (nSPS) is 19.6. The van der Waals surface area contributed by atoms with Gasteiger partial charge in [-0.3, -0.25) is 14.6 Å². The van der Waals surface area contributed by atoms with Crippen molar-refractivity contribution in [2.24, 2.45) is 0 Å². The molecular weight excluding hydrogens is 278 g/mol. The van der Waals surface area contributed by atoms with Crippen LogP contribution in [-0.4, -0.2) is 78.6 Å². The van der Waals surface area contributed by atoms with Crippen molar-refractivity contribution in [2.75, 3.05) is 46.8 Å². The Morgan fingerprint density at radius 1 is 1.18 bits per heavy atom. The van der Waals surface area contributed by atoms with Crippen molar-refractivity contribution in [1.29, 1.82) is 0 Å². The minimum Gasteiger partial charge on any atom is -0.392 e. The summed E-state index contributed by atoms with van der Waals surface area (Å²) in [6, 6.07) is 9.76. The molecular formula is C17H27N3O2. The van der Waals surface area contributed by atoms with E-state index in [1.54, 1.807) is 4.90 Å². The highest BCUT2D eigenvalue weighted by Crippen LogP contribution is 2.24. The van der Waals surface area contributed by atoms with E-state index in [0.29, 0.717) is 6.54 Å². The van der Waals surface area contributed by atoms with Crippen LogP contribution in [0.3, 0.4) is 0 Å². The number of nitrogens with zero attached hydrogens (tertiary/aromatic N) is 3. The summed E-state index contributed by atoms with van der Waals surface area (Å²) < 4.78 is 0. The number of carbonyl (C=O) groups is 1. The average molecular weight is 305 g/mol. The molecule has 5 heteroatoms. The molecule has 0 radical (unpaired) electrons. The van der Waals surface area contributed by atoms with Crippen LogP contribution in [-0.2, 0) is 4.79 Å². The number of carbonyl (C=O) groups excluding carboxylic acids is 1. The topological polar surface area (TPSA) is 47.0 Å². The number of benzene rings is 1. The minimum atomic E-state index is -0.306. The Kier molecular flexibility index (Phi) is 5.94. The van der Waals surface area contributed by atoms with Crippen LogP contribution in [0, 0.1) is 0 Å². The van der Waals surface area contributed by atoms with Crippen molar-refractivity contribution in [3.63, 3.8) is 0 Å². The number of aliphatic hydroxyl groups excluding tert-OH is 1. The van der Waals surface area contributed by atoms with Gasteiger partial charge in [-0.15, -0.1) is 0 Å². The molecule has 0 spiro atoms. The van der Waals surface area contributed by atoms with Crippen molar-refractivity contribution < 1.29 is 9.90 Å². The molecule has 22 heavy (non-hydrogen) atoms. The van der Waals surface area contributed by atoms with E-state index in [-0.39, 0.29) is 18.1 Å². The van der Waals surface area contributed by atoms with E-state index in [1.165, 1.54) is 0 Å². The van der Waals surface area contributed by atoms with E-state index in [9.17, 15) is 9.90 Å². The van der Waals surface area contributed by atoms with Gasteiger partial charge in [0.15, 0.2) is 0 Å². The molecule has 2 rings (SSSR count). The van der Waals surface area contributed by atoms with E-state index in [2.05, 4.69) is 9.80 Å². The van der Waals surface area contributed by atoms with Gasteiger partial charge in [0.2, 0.25) is 5.91 Å². The third-order valence-corrected chi connectivity index (χ3v) is 4.08. The first kappa shape index (κ1) is 16.9. The minimum absolute atomic E-state index is 0.121. The molecule has 1 aliphatic heterocycles. The largest absolute Gasteiger partial charge is 0.392 e. The second-order valence-corrected chi connectivity index (χ2v) is 6.23. The van der Waals surface area contributed by atoms with Crippen LogP contribution in [0.25, 0.3) is 0 Å². The lowest BCUT2D eigenvalue weighted by Gasteiger charge is -2.39. The molecule has 1 aromatic carbocycles. The molecule has 2 atom stereocenters. The first-order valence-corrected chi connectivity index (χ1v) is 7.89. The Balaban J connectivity index is 2.09. The monoisotopic (exact) mass is 305 g/mol. The highest BCUT2D eigenvalue weighted by Gasteiger charge is 2.31. The maximum Gasteiger partial charge on any atom is 0.244 e. The molecule has 0 saturated carbocycles. The van der Waals surface area contributed by atoms with Crippen LogP contribution in [0.4, 0.5) is 0 Å². The maximum absolute atomic E-state index is 12.6. The van der Waals surface area contributed by atoms with Crippen molar-refractivity contribution >= 4 is 5.91 Å². The Morgan fingerprint density at radius 3 is 2.27 bits per heavy atom. The predicted octanol–water partition coefficient (Wildman–Crippen LogP) is 0.814. The summed E-state index contributed by atoms with van der Waals surface area (Å²) >= 11 is 0. The molecule has 0 aliphatic carbocycles. The lowest BCUT2D eigenvalue weighted by Crippen LogP contribution is -2.51. The Hall–Kier alpha value is -1.43. The number of hydrogen-bond acceptors (Lipinski definition) is 4. The van der Waals surface area contributed by atoms with Gasteiger partial charge in [-0.05, 0) is 12.5 Å². The molecule has 0 bridgehead atoms. The van der Waals surface area contributed by atoms with Gasteiger partial charge in [-0.25, -0.2) is 0 Å². The highest BCUT2D eigenvalue weighted by molar-refractivity contribution is 5.82. The van der Waals surface area contributed by atoms with E-state index >= 15 is 0 Å². The van der Waals surface area contributed by atoms with E-state index in [4.69, 9.17) is 0 Å². The summed E-state index contributed by atoms with van der Waals surface area (Å²) in [5.74, 6) is 0.121. The Labute approximate surface area is 133 Å². The van der Waals surface area contributed by atoms with Crippen LogP contribution in [0.15, 0.2) is 30.3 Å². The first-order chi connectivity index (χ1) is 10.5. The predicted molar refractivity (Wildman–Crippen MR) is 87.6 cm³/mol. The summed E-state index contributed by atoms with van der Waals surface area (Å²) in [4.78, 5) is 18.8. The van der Waals surface area contributed by atoms with Gasteiger partial charge in [0.25, 0.3) is 0 Å². The van der Waals surface area contributed by atoms with Crippen molar-refractivity contribution in [2.45, 2.75) is 19.1 Å². The van der Waals surface area contributed by atoms with Gasteiger partial charge >= 0.3 is 0 Å². The molecule has 5 nitrogen and oxygen atoms in total. The number of amides is 1. The zero-order chi connectivity index (χ0) is 16.1.